The van der Waals surface area contributed by atoms with Crippen molar-refractivity contribution in [1.82, 2.24) is 0 Å². The number of halogens is 5. The number of carbonyl (C=O) groups is 1. The Bertz CT molecular complexity index is 959. The lowest BCUT2D eigenvalue weighted by atomic mass is 9.88. The maximum absolute atomic E-state index is 14.5. The molecule has 2 aromatic carbocycles. The molecule has 0 unspecified atom stereocenters. The van der Waals surface area contributed by atoms with E-state index in [1.807, 2.05) is 0 Å². The summed E-state index contributed by atoms with van der Waals surface area (Å²) in [4.78, 5) is 12.1. The number of rotatable bonds is 11. The lowest BCUT2D eigenvalue weighted by Gasteiger charge is -2.28. The molecule has 1 aliphatic carbocycles. The molecule has 0 bridgehead atoms. The van der Waals surface area contributed by atoms with E-state index in [-0.39, 0.29) is 24.4 Å². The molecular weight excluding hydrogens is 471 g/mol. The van der Waals surface area contributed by atoms with E-state index in [0.717, 1.165) is 50.8 Å². The number of benzene rings is 2. The van der Waals surface area contributed by atoms with E-state index in [1.165, 1.54) is 19.3 Å². The fraction of sp³-hybridized carbons (Fsp3) is 0.500. The molecule has 0 spiro atoms. The number of unbranched alkanes of at least 4 members (excludes halogenated alkanes) is 3. The third-order valence-electron chi connectivity index (χ3n) is 6.02. The van der Waals surface area contributed by atoms with Crippen molar-refractivity contribution in [2.45, 2.75) is 64.4 Å². The first-order valence-corrected chi connectivity index (χ1v) is 11.9. The molecule has 3 rings (SSSR count). The Balaban J connectivity index is 1.50. The zero-order valence-electron chi connectivity index (χ0n) is 19.6. The van der Waals surface area contributed by atoms with Crippen molar-refractivity contribution in [3.05, 3.63) is 58.9 Å². The second-order valence-electron chi connectivity index (χ2n) is 8.74. The van der Waals surface area contributed by atoms with Gasteiger partial charge in [-0.3, -0.25) is 0 Å². The van der Waals surface area contributed by atoms with Crippen LogP contribution in [0.1, 0.15) is 68.6 Å². The minimum Gasteiger partial charge on any atom is -0.493 e. The normalized spacial score (nSPS) is 17.9. The minimum atomic E-state index is -1.76. The number of ether oxygens (including phenoxy) is 3. The summed E-state index contributed by atoms with van der Waals surface area (Å²) in [6, 6.07) is 2.48. The molecule has 4 nitrogen and oxygen atoms in total. The van der Waals surface area contributed by atoms with Crippen LogP contribution in [0.2, 0.25) is 0 Å². The molecule has 0 atom stereocenters. The van der Waals surface area contributed by atoms with Crippen LogP contribution in [0.4, 0.5) is 22.0 Å². The van der Waals surface area contributed by atoms with Gasteiger partial charge in [-0.25, -0.2) is 26.7 Å². The van der Waals surface area contributed by atoms with Gasteiger partial charge in [-0.05, 0) is 38.0 Å². The number of carbonyl (C=O) groups excluding carboxylic acids is 1. The summed E-state index contributed by atoms with van der Waals surface area (Å²) in [7, 11) is 0. The van der Waals surface area contributed by atoms with Crippen LogP contribution in [0.15, 0.2) is 24.3 Å². The molecular formula is C26H29F5O4. The van der Waals surface area contributed by atoms with E-state index in [0.29, 0.717) is 12.1 Å². The third-order valence-corrected chi connectivity index (χ3v) is 6.02. The van der Waals surface area contributed by atoms with Crippen molar-refractivity contribution < 1.29 is 41.0 Å². The van der Waals surface area contributed by atoms with Gasteiger partial charge in [-0.1, -0.05) is 26.2 Å². The van der Waals surface area contributed by atoms with Crippen LogP contribution in [0.5, 0.6) is 11.5 Å². The van der Waals surface area contributed by atoms with Gasteiger partial charge in [0.1, 0.15) is 28.7 Å². The van der Waals surface area contributed by atoms with Crippen molar-refractivity contribution >= 4 is 5.97 Å². The molecule has 0 radical (unpaired) electrons. The molecule has 1 saturated carbocycles. The Morgan fingerprint density at radius 3 is 2.03 bits per heavy atom. The highest BCUT2D eigenvalue weighted by molar-refractivity contribution is 5.91. The summed E-state index contributed by atoms with van der Waals surface area (Å²) < 4.78 is 84.6. The van der Waals surface area contributed by atoms with E-state index in [4.69, 9.17) is 9.47 Å². The molecule has 0 saturated heterocycles. The topological polar surface area (TPSA) is 44.8 Å². The van der Waals surface area contributed by atoms with Crippen LogP contribution in [-0.2, 0) is 4.74 Å². The van der Waals surface area contributed by atoms with Gasteiger partial charge in [0.25, 0.3) is 0 Å². The average molecular weight is 501 g/mol. The fourth-order valence-electron chi connectivity index (χ4n) is 4.04. The van der Waals surface area contributed by atoms with Crippen LogP contribution >= 0.6 is 0 Å². The first-order chi connectivity index (χ1) is 16.8. The van der Waals surface area contributed by atoms with Crippen molar-refractivity contribution in [3.63, 3.8) is 0 Å². The lowest BCUT2D eigenvalue weighted by Crippen LogP contribution is -2.25. The second-order valence-corrected chi connectivity index (χ2v) is 8.74. The number of esters is 1. The summed E-state index contributed by atoms with van der Waals surface area (Å²) in [6.45, 7) is 3.20. The Morgan fingerprint density at radius 1 is 0.829 bits per heavy atom. The van der Waals surface area contributed by atoms with Gasteiger partial charge in [-0.15, -0.1) is 0 Å². The molecule has 0 N–H and O–H groups in total. The SMILES string of the molecule is CCCCCCO[C@H]1CC[C@H](COc2cc(F)c(C(=O)Oc3cc(F)c(F)c(F)c3)c(F)c2)CC1. The standard InChI is InChI=1S/C26H29F5O4/c1-2-3-4-5-10-33-17-8-6-16(7-9-17)15-34-18-11-20(27)24(21(28)12-18)26(32)35-19-13-22(29)25(31)23(30)14-19/h11-14,16-17H,2-10,15H2,1H3/t16-,17-. The van der Waals surface area contributed by atoms with E-state index < -0.39 is 46.4 Å². The highest BCUT2D eigenvalue weighted by Gasteiger charge is 2.25. The Labute approximate surface area is 201 Å². The summed E-state index contributed by atoms with van der Waals surface area (Å²) >= 11 is 0. The fourth-order valence-corrected chi connectivity index (χ4v) is 4.04. The van der Waals surface area contributed by atoms with Crippen LogP contribution in [0.25, 0.3) is 0 Å². The predicted octanol–water partition coefficient (Wildman–Crippen LogP) is 7.14. The predicted molar refractivity (Wildman–Crippen MR) is 119 cm³/mol. The van der Waals surface area contributed by atoms with E-state index in [9.17, 15) is 26.7 Å². The van der Waals surface area contributed by atoms with E-state index in [2.05, 4.69) is 11.7 Å². The quantitative estimate of drug-likeness (QED) is 0.108. The van der Waals surface area contributed by atoms with Gasteiger partial charge in [0, 0.05) is 30.9 Å². The van der Waals surface area contributed by atoms with Crippen molar-refractivity contribution in [2.24, 2.45) is 5.92 Å². The molecule has 2 aromatic rings. The molecule has 9 heteroatoms. The van der Waals surface area contributed by atoms with E-state index in [1.54, 1.807) is 0 Å². The maximum atomic E-state index is 14.5. The molecule has 1 aliphatic rings. The van der Waals surface area contributed by atoms with Gasteiger partial charge in [0.15, 0.2) is 17.5 Å². The number of hydrogen-bond acceptors (Lipinski definition) is 4. The Morgan fingerprint density at radius 2 is 1.43 bits per heavy atom. The summed E-state index contributed by atoms with van der Waals surface area (Å²) in [5, 5.41) is 0. The van der Waals surface area contributed by atoms with Crippen LogP contribution in [0.3, 0.4) is 0 Å². The van der Waals surface area contributed by atoms with Gasteiger partial charge in [0.05, 0.1) is 12.7 Å². The molecule has 0 amide bonds. The molecule has 35 heavy (non-hydrogen) atoms. The third kappa shape index (κ3) is 7.65. The average Bonchev–Trinajstić information content (AvgIpc) is 2.81. The zero-order chi connectivity index (χ0) is 25.4. The highest BCUT2D eigenvalue weighted by Crippen LogP contribution is 2.29. The molecule has 0 aliphatic heterocycles. The largest absolute Gasteiger partial charge is 0.493 e. The Hall–Kier alpha value is -2.68. The van der Waals surface area contributed by atoms with Crippen LogP contribution in [-0.4, -0.2) is 25.3 Å². The number of hydrogen-bond donors (Lipinski definition) is 0. The Kier molecular flexibility index (Phi) is 9.89. The highest BCUT2D eigenvalue weighted by atomic mass is 19.2. The van der Waals surface area contributed by atoms with Gasteiger partial charge in [-0.2, -0.15) is 0 Å². The zero-order valence-corrected chi connectivity index (χ0v) is 19.6. The summed E-state index contributed by atoms with van der Waals surface area (Å²) in [5.41, 5.74) is -1.06. The van der Waals surface area contributed by atoms with Crippen molar-refractivity contribution in [2.75, 3.05) is 13.2 Å². The lowest BCUT2D eigenvalue weighted by molar-refractivity contribution is 0.0111. The first kappa shape index (κ1) is 26.9. The molecule has 0 aromatic heterocycles. The van der Waals surface area contributed by atoms with Crippen molar-refractivity contribution in [3.8, 4) is 11.5 Å². The summed E-state index contributed by atoms with van der Waals surface area (Å²) in [5.74, 6) is -9.61. The molecule has 0 heterocycles. The first-order valence-electron chi connectivity index (χ1n) is 11.9. The van der Waals surface area contributed by atoms with Crippen molar-refractivity contribution in [1.29, 1.82) is 0 Å². The molecule has 192 valence electrons. The molecule has 1 fully saturated rings. The van der Waals surface area contributed by atoms with Crippen LogP contribution < -0.4 is 9.47 Å². The van der Waals surface area contributed by atoms with E-state index >= 15 is 0 Å². The maximum Gasteiger partial charge on any atom is 0.349 e. The minimum absolute atomic E-state index is 0.0929. The monoisotopic (exact) mass is 500 g/mol. The van der Waals surface area contributed by atoms with Gasteiger partial charge in [0.2, 0.25) is 0 Å². The van der Waals surface area contributed by atoms with Gasteiger partial charge < -0.3 is 14.2 Å². The smallest absolute Gasteiger partial charge is 0.349 e. The second kappa shape index (κ2) is 12.9. The summed E-state index contributed by atoms with van der Waals surface area (Å²) in [6.07, 6.45) is 8.42. The van der Waals surface area contributed by atoms with Crippen LogP contribution in [0, 0.1) is 35.0 Å². The van der Waals surface area contributed by atoms with Gasteiger partial charge >= 0.3 is 5.97 Å².